The summed E-state index contributed by atoms with van der Waals surface area (Å²) in [6, 6.07) is 0. The highest BCUT2D eigenvalue weighted by atomic mass is 16.6. The van der Waals surface area contributed by atoms with Gasteiger partial charge >= 0.3 is 11.8 Å². The van der Waals surface area contributed by atoms with Gasteiger partial charge in [0.1, 0.15) is 5.60 Å². The predicted octanol–water partition coefficient (Wildman–Crippen LogP) is 0.247. The van der Waals surface area contributed by atoms with Gasteiger partial charge in [0.15, 0.2) is 0 Å². The first-order valence-electron chi connectivity index (χ1n) is 7.14. The Morgan fingerprint density at radius 1 is 1.35 bits per heavy atom. The van der Waals surface area contributed by atoms with Crippen LogP contribution in [0.15, 0.2) is 15.8 Å². The van der Waals surface area contributed by atoms with Gasteiger partial charge in [-0.3, -0.25) is 20.0 Å². The van der Waals surface area contributed by atoms with Crippen molar-refractivity contribution in [1.29, 1.82) is 0 Å². The topological polar surface area (TPSA) is 114 Å². The number of ether oxygens (including phenoxy) is 1. The Labute approximate surface area is 133 Å². The number of nitrogens with zero attached hydrogens (tertiary/aromatic N) is 2. The Kier molecular flexibility index (Phi) is 5.85. The molecule has 0 saturated carbocycles. The molecule has 23 heavy (non-hydrogen) atoms. The van der Waals surface area contributed by atoms with Crippen LogP contribution in [-0.4, -0.2) is 45.3 Å². The molecule has 9 nitrogen and oxygen atoms in total. The number of aromatic amines is 1. The molecule has 1 aromatic heterocycles. The second-order valence-corrected chi connectivity index (χ2v) is 5.96. The number of likely N-dealkylation sites (N-methyl/N-ethyl adjacent to an activating group) is 1. The molecule has 0 aliphatic carbocycles. The summed E-state index contributed by atoms with van der Waals surface area (Å²) >= 11 is 0. The molecule has 1 amide bonds. The summed E-state index contributed by atoms with van der Waals surface area (Å²) in [5.41, 5.74) is 0.641. The molecule has 2 N–H and O–H groups in total. The van der Waals surface area contributed by atoms with Crippen molar-refractivity contribution in [3.63, 3.8) is 0 Å². The van der Waals surface area contributed by atoms with E-state index in [0.717, 1.165) is 4.57 Å². The molecule has 0 spiro atoms. The summed E-state index contributed by atoms with van der Waals surface area (Å²) in [4.78, 5) is 48.9. The second kappa shape index (κ2) is 7.23. The molecule has 1 heterocycles. The first-order chi connectivity index (χ1) is 10.5. The highest BCUT2D eigenvalue weighted by Gasteiger charge is 2.20. The summed E-state index contributed by atoms with van der Waals surface area (Å²) in [5, 5.41) is 1.31. The number of hydrogen-bond acceptors (Lipinski definition) is 6. The number of hydrazine groups is 1. The van der Waals surface area contributed by atoms with Crippen molar-refractivity contribution in [2.75, 3.05) is 13.1 Å². The Balaban J connectivity index is 2.82. The van der Waals surface area contributed by atoms with Crippen LogP contribution >= 0.6 is 0 Å². The largest absolute Gasteiger partial charge is 0.443 e. The average Bonchev–Trinajstić information content (AvgIpc) is 2.39. The SMILES string of the molecule is CCN(CC(=O)n1cc(C)c(=O)[nH]c1=O)NC(=O)OC(C)(C)C. The van der Waals surface area contributed by atoms with E-state index >= 15 is 0 Å². The molecule has 128 valence electrons. The summed E-state index contributed by atoms with van der Waals surface area (Å²) in [6.07, 6.45) is 0.474. The maximum absolute atomic E-state index is 12.2. The van der Waals surface area contributed by atoms with Crippen LogP contribution < -0.4 is 16.7 Å². The normalized spacial score (nSPS) is 11.4. The molecule has 0 saturated heterocycles. The minimum absolute atomic E-state index is 0.237. The molecule has 0 atom stereocenters. The van der Waals surface area contributed by atoms with E-state index in [-0.39, 0.29) is 12.1 Å². The lowest BCUT2D eigenvalue weighted by molar-refractivity contribution is 0.0331. The number of aryl methyl sites for hydroxylation is 1. The lowest BCUT2D eigenvalue weighted by Crippen LogP contribution is -2.49. The third-order valence-corrected chi connectivity index (χ3v) is 2.74. The van der Waals surface area contributed by atoms with Crippen LogP contribution in [-0.2, 0) is 4.74 Å². The van der Waals surface area contributed by atoms with Gasteiger partial charge in [0.25, 0.3) is 11.5 Å². The van der Waals surface area contributed by atoms with Gasteiger partial charge in [-0.1, -0.05) is 6.92 Å². The molecule has 0 bridgehead atoms. The van der Waals surface area contributed by atoms with E-state index in [9.17, 15) is 19.2 Å². The second-order valence-electron chi connectivity index (χ2n) is 5.96. The van der Waals surface area contributed by atoms with Crippen LogP contribution in [0.25, 0.3) is 0 Å². The zero-order valence-corrected chi connectivity index (χ0v) is 13.9. The molecule has 0 aliphatic rings. The minimum atomic E-state index is -0.820. The van der Waals surface area contributed by atoms with Crippen LogP contribution in [0.2, 0.25) is 0 Å². The first kappa shape index (κ1) is 18.6. The number of rotatable bonds is 4. The zero-order valence-electron chi connectivity index (χ0n) is 13.9. The van der Waals surface area contributed by atoms with Gasteiger partial charge in [0.2, 0.25) is 0 Å². The summed E-state index contributed by atoms with van der Waals surface area (Å²) in [5.74, 6) is -0.591. The van der Waals surface area contributed by atoms with E-state index in [2.05, 4.69) is 10.4 Å². The summed E-state index contributed by atoms with van der Waals surface area (Å²) < 4.78 is 5.90. The average molecular weight is 326 g/mol. The van der Waals surface area contributed by atoms with Crippen molar-refractivity contribution in [1.82, 2.24) is 20.0 Å². The fraction of sp³-hybridized carbons (Fsp3) is 0.571. The lowest BCUT2D eigenvalue weighted by atomic mass is 10.2. The van der Waals surface area contributed by atoms with Crippen LogP contribution in [0.4, 0.5) is 4.79 Å². The molecule has 1 aromatic rings. The zero-order chi connectivity index (χ0) is 17.8. The number of carbonyl (C=O) groups excluding carboxylic acids is 2. The van der Waals surface area contributed by atoms with E-state index in [4.69, 9.17) is 4.74 Å². The highest BCUT2D eigenvalue weighted by molar-refractivity contribution is 5.81. The van der Waals surface area contributed by atoms with E-state index < -0.39 is 28.9 Å². The van der Waals surface area contributed by atoms with E-state index in [1.54, 1.807) is 27.7 Å². The van der Waals surface area contributed by atoms with Crippen LogP contribution in [0, 0.1) is 6.92 Å². The fourth-order valence-corrected chi connectivity index (χ4v) is 1.65. The summed E-state index contributed by atoms with van der Waals surface area (Å²) in [7, 11) is 0. The maximum atomic E-state index is 12.2. The minimum Gasteiger partial charge on any atom is -0.443 e. The Morgan fingerprint density at radius 3 is 2.48 bits per heavy atom. The number of H-pyrrole nitrogens is 1. The van der Waals surface area contributed by atoms with Gasteiger partial charge in [-0.15, -0.1) is 0 Å². The van der Waals surface area contributed by atoms with Gasteiger partial charge < -0.3 is 4.74 Å². The third-order valence-electron chi connectivity index (χ3n) is 2.74. The quantitative estimate of drug-likeness (QED) is 0.767. The molecule has 0 unspecified atom stereocenters. The molecule has 0 aromatic carbocycles. The molecule has 9 heteroatoms. The molecule has 0 fully saturated rings. The summed E-state index contributed by atoms with van der Waals surface area (Å²) in [6.45, 7) is 8.44. The van der Waals surface area contributed by atoms with Crippen molar-refractivity contribution in [3.8, 4) is 0 Å². The van der Waals surface area contributed by atoms with Gasteiger partial charge in [-0.05, 0) is 27.7 Å². The monoisotopic (exact) mass is 326 g/mol. The highest BCUT2D eigenvalue weighted by Crippen LogP contribution is 2.06. The van der Waals surface area contributed by atoms with Gasteiger partial charge in [-0.2, -0.15) is 0 Å². The van der Waals surface area contributed by atoms with Crippen molar-refractivity contribution in [2.24, 2.45) is 0 Å². The first-order valence-corrected chi connectivity index (χ1v) is 7.14. The van der Waals surface area contributed by atoms with E-state index in [1.165, 1.54) is 18.1 Å². The number of amides is 1. The van der Waals surface area contributed by atoms with Crippen LogP contribution in [0.1, 0.15) is 38.1 Å². The number of hydrogen-bond donors (Lipinski definition) is 2. The number of aromatic nitrogens is 2. The Bertz CT molecular complexity index is 698. The standard InChI is InChI=1S/C14H22N4O5/c1-6-17(16-13(22)23-14(3,4)5)8-10(19)18-7-9(2)11(20)15-12(18)21/h7H,6,8H2,1-5H3,(H,16,22)(H,15,20,21). The van der Waals surface area contributed by atoms with Crippen molar-refractivity contribution in [3.05, 3.63) is 32.6 Å². The van der Waals surface area contributed by atoms with E-state index in [1.807, 2.05) is 0 Å². The number of nitrogens with one attached hydrogen (secondary N) is 2. The molecular formula is C14H22N4O5. The van der Waals surface area contributed by atoms with Crippen LogP contribution in [0.3, 0.4) is 0 Å². The van der Waals surface area contributed by atoms with Gasteiger partial charge in [0, 0.05) is 18.3 Å². The smallest absolute Gasteiger partial charge is 0.422 e. The van der Waals surface area contributed by atoms with Crippen molar-refractivity contribution in [2.45, 2.75) is 40.2 Å². The van der Waals surface area contributed by atoms with E-state index in [0.29, 0.717) is 6.54 Å². The lowest BCUT2D eigenvalue weighted by Gasteiger charge is -2.24. The number of carbonyl (C=O) groups is 2. The molecular weight excluding hydrogens is 304 g/mol. The Hall–Kier alpha value is -2.42. The van der Waals surface area contributed by atoms with Crippen LogP contribution in [0.5, 0.6) is 0 Å². The molecule has 0 aliphatic heterocycles. The van der Waals surface area contributed by atoms with Crippen molar-refractivity contribution < 1.29 is 14.3 Å². The molecule has 1 rings (SSSR count). The molecule has 0 radical (unpaired) electrons. The van der Waals surface area contributed by atoms with Crippen molar-refractivity contribution >= 4 is 12.0 Å². The third kappa shape index (κ3) is 5.70. The van der Waals surface area contributed by atoms with Gasteiger partial charge in [-0.25, -0.2) is 19.2 Å². The predicted molar refractivity (Wildman–Crippen MR) is 83.3 cm³/mol. The fourth-order valence-electron chi connectivity index (χ4n) is 1.65. The Morgan fingerprint density at radius 2 is 1.96 bits per heavy atom. The maximum Gasteiger partial charge on any atom is 0.422 e. The van der Waals surface area contributed by atoms with Gasteiger partial charge in [0.05, 0.1) is 6.54 Å².